The number of pyridine rings is 1. The summed E-state index contributed by atoms with van der Waals surface area (Å²) >= 11 is 0. The zero-order valence-electron chi connectivity index (χ0n) is 13.3. The lowest BCUT2D eigenvalue weighted by Gasteiger charge is -2.16. The van der Waals surface area contributed by atoms with Crippen molar-refractivity contribution in [3.05, 3.63) is 64.7 Å². The van der Waals surface area contributed by atoms with E-state index in [1.807, 2.05) is 0 Å². The average molecular weight is 327 g/mol. The first-order valence-electron chi connectivity index (χ1n) is 7.77. The van der Waals surface area contributed by atoms with Gasteiger partial charge in [0.2, 0.25) is 5.91 Å². The highest BCUT2D eigenvalue weighted by Crippen LogP contribution is 2.26. The van der Waals surface area contributed by atoms with Gasteiger partial charge in [-0.05, 0) is 36.6 Å². The lowest BCUT2D eigenvalue weighted by molar-refractivity contribution is 0.0779. The van der Waals surface area contributed by atoms with Gasteiger partial charge in [0.15, 0.2) is 0 Å². The molecule has 3 rings (SSSR count). The highest BCUT2D eigenvalue weighted by atomic mass is 19.1. The third kappa shape index (κ3) is 3.42. The number of hydrogen-bond donors (Lipinski definition) is 1. The summed E-state index contributed by atoms with van der Waals surface area (Å²) in [5.41, 5.74) is 6.59. The zero-order chi connectivity index (χ0) is 17.3. The van der Waals surface area contributed by atoms with Gasteiger partial charge in [-0.3, -0.25) is 9.59 Å². The second-order valence-electron chi connectivity index (χ2n) is 6.01. The molecule has 24 heavy (non-hydrogen) atoms. The molecule has 1 heterocycles. The van der Waals surface area contributed by atoms with E-state index in [2.05, 4.69) is 4.98 Å². The number of amides is 2. The van der Waals surface area contributed by atoms with Crippen LogP contribution in [0.15, 0.2) is 36.4 Å². The standard InChI is InChI=1S/C18H18FN3O2/c1-22(14-6-7-14)18(24)16-10-12(17(20)23)9-13(21-16)8-11-4-2-3-5-15(11)19/h2-5,9-10,14H,6-8H2,1H3,(H2,20,23). The van der Waals surface area contributed by atoms with Gasteiger partial charge in [0.25, 0.3) is 5.91 Å². The second kappa shape index (κ2) is 6.39. The maximum absolute atomic E-state index is 13.8. The molecule has 1 aliphatic rings. The van der Waals surface area contributed by atoms with Crippen LogP contribution >= 0.6 is 0 Å². The van der Waals surface area contributed by atoms with E-state index in [9.17, 15) is 14.0 Å². The van der Waals surface area contributed by atoms with Crippen LogP contribution < -0.4 is 5.73 Å². The van der Waals surface area contributed by atoms with E-state index in [0.29, 0.717) is 11.3 Å². The average Bonchev–Trinajstić information content (AvgIpc) is 3.40. The van der Waals surface area contributed by atoms with Crippen molar-refractivity contribution in [2.45, 2.75) is 25.3 Å². The Morgan fingerprint density at radius 3 is 2.62 bits per heavy atom. The zero-order valence-corrected chi connectivity index (χ0v) is 13.3. The monoisotopic (exact) mass is 327 g/mol. The normalized spacial score (nSPS) is 13.6. The van der Waals surface area contributed by atoms with Gasteiger partial charge in [-0.25, -0.2) is 9.37 Å². The number of aromatic nitrogens is 1. The minimum atomic E-state index is -0.643. The fourth-order valence-corrected chi connectivity index (χ4v) is 2.58. The van der Waals surface area contributed by atoms with E-state index in [4.69, 9.17) is 5.73 Å². The van der Waals surface area contributed by atoms with Crippen molar-refractivity contribution in [3.8, 4) is 0 Å². The number of nitrogens with zero attached hydrogens (tertiary/aromatic N) is 2. The topological polar surface area (TPSA) is 76.3 Å². The first-order chi connectivity index (χ1) is 11.5. The molecule has 124 valence electrons. The Labute approximate surface area is 139 Å². The van der Waals surface area contributed by atoms with E-state index in [0.717, 1.165) is 12.8 Å². The van der Waals surface area contributed by atoms with Gasteiger partial charge in [-0.1, -0.05) is 18.2 Å². The highest BCUT2D eigenvalue weighted by Gasteiger charge is 2.31. The molecule has 1 aliphatic carbocycles. The molecule has 0 radical (unpaired) electrons. The molecule has 0 atom stereocenters. The van der Waals surface area contributed by atoms with Crippen molar-refractivity contribution in [1.29, 1.82) is 0 Å². The van der Waals surface area contributed by atoms with Crippen molar-refractivity contribution in [3.63, 3.8) is 0 Å². The van der Waals surface area contributed by atoms with Gasteiger partial charge in [0.05, 0.1) is 0 Å². The Hall–Kier alpha value is -2.76. The maximum atomic E-state index is 13.8. The summed E-state index contributed by atoms with van der Waals surface area (Å²) < 4.78 is 13.8. The van der Waals surface area contributed by atoms with Gasteiger partial charge in [-0.15, -0.1) is 0 Å². The van der Waals surface area contributed by atoms with Crippen LogP contribution in [0.3, 0.4) is 0 Å². The Kier molecular flexibility index (Phi) is 4.29. The molecule has 2 N–H and O–H groups in total. The van der Waals surface area contributed by atoms with Gasteiger partial charge >= 0.3 is 0 Å². The quantitative estimate of drug-likeness (QED) is 0.914. The third-order valence-electron chi connectivity index (χ3n) is 4.13. The molecule has 0 unspecified atom stereocenters. The lowest BCUT2D eigenvalue weighted by atomic mass is 10.1. The molecule has 2 amide bonds. The molecule has 2 aromatic rings. The Bertz CT molecular complexity index is 803. The van der Waals surface area contributed by atoms with E-state index < -0.39 is 5.91 Å². The Balaban J connectivity index is 1.95. The smallest absolute Gasteiger partial charge is 0.272 e. The number of carbonyl (C=O) groups is 2. The van der Waals surface area contributed by atoms with Crippen LogP contribution in [0, 0.1) is 5.82 Å². The minimum absolute atomic E-state index is 0.159. The predicted octanol–water partition coefficient (Wildman–Crippen LogP) is 2.14. The van der Waals surface area contributed by atoms with Crippen LogP contribution in [0.25, 0.3) is 0 Å². The summed E-state index contributed by atoms with van der Waals surface area (Å²) in [5, 5.41) is 0. The number of benzene rings is 1. The van der Waals surface area contributed by atoms with Crippen LogP contribution in [-0.2, 0) is 6.42 Å². The number of carbonyl (C=O) groups excluding carboxylic acids is 2. The van der Waals surface area contributed by atoms with Crippen molar-refractivity contribution < 1.29 is 14.0 Å². The maximum Gasteiger partial charge on any atom is 0.272 e. The van der Waals surface area contributed by atoms with E-state index in [1.54, 1.807) is 30.1 Å². The summed E-state index contributed by atoms with van der Waals surface area (Å²) in [6, 6.07) is 9.46. The molecule has 0 bridgehead atoms. The molecule has 6 heteroatoms. The number of nitrogens with two attached hydrogens (primary N) is 1. The Morgan fingerprint density at radius 2 is 2.00 bits per heavy atom. The summed E-state index contributed by atoms with van der Waals surface area (Å²) in [7, 11) is 1.72. The Morgan fingerprint density at radius 1 is 1.29 bits per heavy atom. The second-order valence-corrected chi connectivity index (χ2v) is 6.01. The highest BCUT2D eigenvalue weighted by molar-refractivity contribution is 5.98. The van der Waals surface area contributed by atoms with Crippen molar-refractivity contribution in [2.75, 3.05) is 7.05 Å². The van der Waals surface area contributed by atoms with E-state index in [-0.39, 0.29) is 35.4 Å². The summed E-state index contributed by atoms with van der Waals surface area (Å²) in [6.07, 6.45) is 2.13. The predicted molar refractivity (Wildman–Crippen MR) is 87.1 cm³/mol. The first-order valence-corrected chi connectivity index (χ1v) is 7.77. The molecule has 0 aliphatic heterocycles. The molecule has 1 aromatic carbocycles. The molecule has 0 saturated heterocycles. The fraction of sp³-hybridized carbons (Fsp3) is 0.278. The van der Waals surface area contributed by atoms with Crippen LogP contribution in [-0.4, -0.2) is 34.8 Å². The molecule has 1 fully saturated rings. The van der Waals surface area contributed by atoms with Crippen LogP contribution in [0.2, 0.25) is 0 Å². The number of hydrogen-bond acceptors (Lipinski definition) is 3. The number of primary amides is 1. The van der Waals surface area contributed by atoms with Crippen LogP contribution in [0.4, 0.5) is 4.39 Å². The molecular weight excluding hydrogens is 309 g/mol. The fourth-order valence-electron chi connectivity index (χ4n) is 2.58. The van der Waals surface area contributed by atoms with Crippen molar-refractivity contribution in [2.24, 2.45) is 5.73 Å². The van der Waals surface area contributed by atoms with Crippen molar-refractivity contribution >= 4 is 11.8 Å². The molecular formula is C18H18FN3O2. The number of rotatable bonds is 5. The van der Waals surface area contributed by atoms with Gasteiger partial charge in [-0.2, -0.15) is 0 Å². The summed E-state index contributed by atoms with van der Waals surface area (Å²) in [5.74, 6) is -1.25. The molecule has 5 nitrogen and oxygen atoms in total. The largest absolute Gasteiger partial charge is 0.366 e. The number of halogens is 1. The summed E-state index contributed by atoms with van der Waals surface area (Å²) in [4.78, 5) is 30.0. The van der Waals surface area contributed by atoms with E-state index >= 15 is 0 Å². The van der Waals surface area contributed by atoms with Crippen LogP contribution in [0.1, 0.15) is 44.9 Å². The summed E-state index contributed by atoms with van der Waals surface area (Å²) in [6.45, 7) is 0. The van der Waals surface area contributed by atoms with E-state index in [1.165, 1.54) is 18.2 Å². The first kappa shape index (κ1) is 16.1. The minimum Gasteiger partial charge on any atom is -0.366 e. The molecule has 0 spiro atoms. The van der Waals surface area contributed by atoms with Gasteiger partial charge in [0, 0.05) is 30.8 Å². The SMILES string of the molecule is CN(C(=O)c1cc(C(N)=O)cc(Cc2ccccc2F)n1)C1CC1. The van der Waals surface area contributed by atoms with Crippen LogP contribution in [0.5, 0.6) is 0 Å². The molecule has 1 saturated carbocycles. The third-order valence-corrected chi connectivity index (χ3v) is 4.13. The van der Waals surface area contributed by atoms with Gasteiger partial charge in [0.1, 0.15) is 11.5 Å². The molecule has 1 aromatic heterocycles. The van der Waals surface area contributed by atoms with Gasteiger partial charge < -0.3 is 10.6 Å². The van der Waals surface area contributed by atoms with Crippen molar-refractivity contribution in [1.82, 2.24) is 9.88 Å². The lowest BCUT2D eigenvalue weighted by Crippen LogP contribution is -2.30.